The van der Waals surface area contributed by atoms with E-state index >= 15 is 0 Å². The Kier molecular flexibility index (Phi) is 2.46. The summed E-state index contributed by atoms with van der Waals surface area (Å²) in [6, 6.07) is 5.07. The first-order valence-corrected chi connectivity index (χ1v) is 5.98. The van der Waals surface area contributed by atoms with Crippen molar-refractivity contribution < 1.29 is 9.18 Å². The Morgan fingerprint density at radius 3 is 3.06 bits per heavy atom. The first kappa shape index (κ1) is 10.5. The van der Waals surface area contributed by atoms with Crippen molar-refractivity contribution in [3.05, 3.63) is 46.9 Å². The predicted molar refractivity (Wildman–Crippen MR) is 62.9 cm³/mol. The third-order valence-corrected chi connectivity index (χ3v) is 3.64. The number of carbonyl (C=O) groups excluding carboxylic acids is 1. The van der Waals surface area contributed by atoms with Gasteiger partial charge in [-0.15, -0.1) is 0 Å². The van der Waals surface area contributed by atoms with E-state index in [2.05, 4.69) is 5.32 Å². The van der Waals surface area contributed by atoms with Gasteiger partial charge < -0.3 is 5.32 Å². The van der Waals surface area contributed by atoms with Crippen molar-refractivity contribution in [2.75, 3.05) is 0 Å². The molecule has 0 aromatic heterocycles. The van der Waals surface area contributed by atoms with Crippen LogP contribution in [0.4, 0.5) is 4.39 Å². The maximum atomic E-state index is 13.1. The lowest BCUT2D eigenvalue weighted by Crippen LogP contribution is -2.08. The molecule has 3 rings (SSSR count). The number of hydrogen-bond acceptors (Lipinski definition) is 1. The summed E-state index contributed by atoms with van der Waals surface area (Å²) in [6.07, 6.45) is 5.27. The lowest BCUT2D eigenvalue weighted by atomic mass is 9.93. The quantitative estimate of drug-likeness (QED) is 0.833. The van der Waals surface area contributed by atoms with E-state index in [4.69, 9.17) is 0 Å². The zero-order chi connectivity index (χ0) is 11.8. The molecule has 1 N–H and O–H groups in total. The van der Waals surface area contributed by atoms with Gasteiger partial charge in [0.1, 0.15) is 5.82 Å². The van der Waals surface area contributed by atoms with Crippen LogP contribution in [0.15, 0.2) is 30.0 Å². The minimum Gasteiger partial charge on any atom is -0.332 e. The molecule has 3 heteroatoms. The average molecular weight is 231 g/mol. The van der Waals surface area contributed by atoms with Crippen LogP contribution in [0.2, 0.25) is 0 Å². The Hall–Kier alpha value is -1.64. The number of halogens is 1. The summed E-state index contributed by atoms with van der Waals surface area (Å²) in [6.45, 7) is 0. The van der Waals surface area contributed by atoms with Crippen LogP contribution in [0, 0.1) is 5.82 Å². The summed E-state index contributed by atoms with van der Waals surface area (Å²) in [7, 11) is 0. The molecule has 1 aliphatic carbocycles. The van der Waals surface area contributed by atoms with Crippen molar-refractivity contribution in [3.63, 3.8) is 0 Å². The molecule has 0 unspecified atom stereocenters. The van der Waals surface area contributed by atoms with Crippen molar-refractivity contribution >= 4 is 5.91 Å². The van der Waals surface area contributed by atoms with Crippen LogP contribution in [0.25, 0.3) is 0 Å². The molecule has 1 aromatic carbocycles. The Labute approximate surface area is 99.5 Å². The summed E-state index contributed by atoms with van der Waals surface area (Å²) in [5, 5.41) is 2.72. The van der Waals surface area contributed by atoms with Gasteiger partial charge in [0.25, 0.3) is 0 Å². The van der Waals surface area contributed by atoms with Crippen LogP contribution in [-0.4, -0.2) is 5.91 Å². The number of benzene rings is 1. The summed E-state index contributed by atoms with van der Waals surface area (Å²) >= 11 is 0. The van der Waals surface area contributed by atoms with Crippen LogP contribution in [0.5, 0.6) is 0 Å². The number of hydrogen-bond donors (Lipinski definition) is 1. The minimum absolute atomic E-state index is 0.0809. The first-order chi connectivity index (χ1) is 8.22. The molecule has 1 aromatic rings. The fourth-order valence-electron chi connectivity index (χ4n) is 2.82. The van der Waals surface area contributed by atoms with E-state index in [1.807, 2.05) is 12.3 Å². The first-order valence-electron chi connectivity index (χ1n) is 5.98. The maximum absolute atomic E-state index is 13.1. The third-order valence-electron chi connectivity index (χ3n) is 3.64. The molecule has 1 amide bonds. The van der Waals surface area contributed by atoms with Gasteiger partial charge in [-0.25, -0.2) is 4.39 Å². The van der Waals surface area contributed by atoms with Gasteiger partial charge in [0, 0.05) is 12.6 Å². The van der Waals surface area contributed by atoms with E-state index in [-0.39, 0.29) is 11.7 Å². The molecule has 1 heterocycles. The van der Waals surface area contributed by atoms with E-state index in [1.54, 1.807) is 6.07 Å². The van der Waals surface area contributed by atoms with Gasteiger partial charge in [-0.1, -0.05) is 6.07 Å². The minimum atomic E-state index is -0.152. The second-order valence-electron chi connectivity index (χ2n) is 4.83. The Morgan fingerprint density at radius 2 is 2.29 bits per heavy atom. The highest BCUT2D eigenvalue weighted by Crippen LogP contribution is 2.38. The molecule has 0 fully saturated rings. The SMILES string of the molecule is O=C1CC(C[C@@H]2CCc3cc(F)ccc32)=CN1. The molecule has 88 valence electrons. The molecule has 0 bridgehead atoms. The number of nitrogens with one attached hydrogen (secondary N) is 1. The fraction of sp³-hybridized carbons (Fsp3) is 0.357. The van der Waals surface area contributed by atoms with E-state index in [0.29, 0.717) is 12.3 Å². The van der Waals surface area contributed by atoms with Crippen LogP contribution in [-0.2, 0) is 11.2 Å². The van der Waals surface area contributed by atoms with Crippen molar-refractivity contribution in [3.8, 4) is 0 Å². The van der Waals surface area contributed by atoms with Crippen LogP contribution < -0.4 is 5.32 Å². The highest BCUT2D eigenvalue weighted by atomic mass is 19.1. The topological polar surface area (TPSA) is 29.1 Å². The molecule has 1 atom stereocenters. The molecule has 1 aliphatic heterocycles. The molecule has 0 spiro atoms. The van der Waals surface area contributed by atoms with E-state index in [0.717, 1.165) is 30.4 Å². The average Bonchev–Trinajstić information content (AvgIpc) is 2.86. The van der Waals surface area contributed by atoms with Crippen molar-refractivity contribution in [1.29, 1.82) is 0 Å². The summed E-state index contributed by atoms with van der Waals surface area (Å²) in [4.78, 5) is 11.1. The third kappa shape index (κ3) is 1.97. The van der Waals surface area contributed by atoms with Gasteiger partial charge in [0.05, 0.1) is 0 Å². The van der Waals surface area contributed by atoms with Crippen molar-refractivity contribution in [2.45, 2.75) is 31.6 Å². The molecule has 0 saturated heterocycles. The smallest absolute Gasteiger partial charge is 0.228 e. The highest BCUT2D eigenvalue weighted by Gasteiger charge is 2.25. The van der Waals surface area contributed by atoms with Crippen LogP contribution in [0.3, 0.4) is 0 Å². The Morgan fingerprint density at radius 1 is 1.41 bits per heavy atom. The van der Waals surface area contributed by atoms with Gasteiger partial charge >= 0.3 is 0 Å². The van der Waals surface area contributed by atoms with E-state index < -0.39 is 0 Å². The van der Waals surface area contributed by atoms with Crippen molar-refractivity contribution in [2.24, 2.45) is 0 Å². The number of aryl methyl sites for hydroxylation is 1. The predicted octanol–water partition coefficient (Wildman–Crippen LogP) is 2.65. The summed E-state index contributed by atoms with van der Waals surface area (Å²) in [5.41, 5.74) is 3.55. The molecule has 2 aliphatic rings. The van der Waals surface area contributed by atoms with Gasteiger partial charge in [0.15, 0.2) is 0 Å². The van der Waals surface area contributed by atoms with E-state index in [9.17, 15) is 9.18 Å². The second kappa shape index (κ2) is 3.99. The fourth-order valence-corrected chi connectivity index (χ4v) is 2.82. The highest BCUT2D eigenvalue weighted by molar-refractivity contribution is 5.82. The zero-order valence-corrected chi connectivity index (χ0v) is 9.50. The molecular formula is C14H14FNO. The maximum Gasteiger partial charge on any atom is 0.228 e. The second-order valence-corrected chi connectivity index (χ2v) is 4.83. The largest absolute Gasteiger partial charge is 0.332 e. The number of amides is 1. The normalized spacial score (nSPS) is 22.3. The molecule has 17 heavy (non-hydrogen) atoms. The molecule has 0 radical (unpaired) electrons. The summed E-state index contributed by atoms with van der Waals surface area (Å²) in [5.74, 6) is 0.378. The van der Waals surface area contributed by atoms with Crippen LogP contribution in [0.1, 0.15) is 36.3 Å². The van der Waals surface area contributed by atoms with Crippen LogP contribution >= 0.6 is 0 Å². The number of fused-ring (bicyclic) bond motifs is 1. The van der Waals surface area contributed by atoms with Gasteiger partial charge in [-0.3, -0.25) is 4.79 Å². The van der Waals surface area contributed by atoms with E-state index in [1.165, 1.54) is 11.6 Å². The monoisotopic (exact) mass is 231 g/mol. The Balaban J connectivity index is 1.78. The Bertz CT molecular complexity index is 507. The lowest BCUT2D eigenvalue weighted by molar-refractivity contribution is -0.118. The van der Waals surface area contributed by atoms with Gasteiger partial charge in [0.2, 0.25) is 5.91 Å². The molecular weight excluding hydrogens is 217 g/mol. The number of carbonyl (C=O) groups is 1. The van der Waals surface area contributed by atoms with Gasteiger partial charge in [-0.2, -0.15) is 0 Å². The van der Waals surface area contributed by atoms with Gasteiger partial charge in [-0.05, 0) is 54.0 Å². The zero-order valence-electron chi connectivity index (χ0n) is 9.50. The molecule has 2 nitrogen and oxygen atoms in total. The standard InChI is InChI=1S/C14H14FNO/c15-12-3-4-13-10(1-2-11(13)7-12)5-9-6-14(17)16-8-9/h3-4,7-8,10H,1-2,5-6H2,(H,16,17)/t10-/m0/s1. The lowest BCUT2D eigenvalue weighted by Gasteiger charge is -2.11. The molecule has 0 saturated carbocycles. The summed E-state index contributed by atoms with van der Waals surface area (Å²) < 4.78 is 13.1. The van der Waals surface area contributed by atoms with Crippen molar-refractivity contribution in [1.82, 2.24) is 5.32 Å². The number of rotatable bonds is 2.